The molecule has 106 valence electrons. The van der Waals surface area contributed by atoms with Crippen molar-refractivity contribution in [1.82, 2.24) is 0 Å². The molecule has 2 rings (SSSR count). The van der Waals surface area contributed by atoms with Crippen LogP contribution in [0.1, 0.15) is 11.1 Å². The Labute approximate surface area is 121 Å². The molecule has 0 aliphatic rings. The van der Waals surface area contributed by atoms with Gasteiger partial charge in [0.15, 0.2) is 0 Å². The Morgan fingerprint density at radius 2 is 1.00 bits per heavy atom. The normalized spacial score (nSPS) is 8.50. The summed E-state index contributed by atoms with van der Waals surface area (Å²) in [5.41, 5.74) is 3.43. The SMILES string of the molecule is C=C.C=C(c1ccccc1)c1ccccc1.OCCO. The molecule has 0 unspecified atom stereocenters. The van der Waals surface area contributed by atoms with Crippen LogP contribution in [0.5, 0.6) is 0 Å². The third kappa shape index (κ3) is 6.69. The Morgan fingerprint density at radius 1 is 0.700 bits per heavy atom. The van der Waals surface area contributed by atoms with E-state index in [4.69, 9.17) is 10.2 Å². The highest BCUT2D eigenvalue weighted by Crippen LogP contribution is 2.20. The topological polar surface area (TPSA) is 40.5 Å². The summed E-state index contributed by atoms with van der Waals surface area (Å²) in [7, 11) is 0. The first kappa shape index (κ1) is 17.8. The van der Waals surface area contributed by atoms with Crippen molar-refractivity contribution < 1.29 is 10.2 Å². The maximum atomic E-state index is 7.62. The number of hydrogen-bond acceptors (Lipinski definition) is 2. The van der Waals surface area contributed by atoms with Gasteiger partial charge in [-0.3, -0.25) is 0 Å². The van der Waals surface area contributed by atoms with Crippen LogP contribution in [0.2, 0.25) is 0 Å². The van der Waals surface area contributed by atoms with E-state index in [0.717, 1.165) is 5.57 Å². The molecular formula is C18H22O2. The molecule has 2 N–H and O–H groups in total. The monoisotopic (exact) mass is 270 g/mol. The summed E-state index contributed by atoms with van der Waals surface area (Å²) in [5, 5.41) is 15.2. The molecular weight excluding hydrogens is 248 g/mol. The second-order valence-corrected chi connectivity index (χ2v) is 3.66. The van der Waals surface area contributed by atoms with Crippen molar-refractivity contribution in [2.24, 2.45) is 0 Å². The molecule has 0 fully saturated rings. The summed E-state index contributed by atoms with van der Waals surface area (Å²) in [6, 6.07) is 20.5. The van der Waals surface area contributed by atoms with E-state index in [1.807, 2.05) is 36.4 Å². The Hall–Kier alpha value is -2.16. The minimum atomic E-state index is -0.125. The summed E-state index contributed by atoms with van der Waals surface area (Å²) in [5.74, 6) is 0. The summed E-state index contributed by atoms with van der Waals surface area (Å²) < 4.78 is 0. The van der Waals surface area contributed by atoms with E-state index in [-0.39, 0.29) is 13.2 Å². The first-order chi connectivity index (χ1) is 9.79. The summed E-state index contributed by atoms with van der Waals surface area (Å²) >= 11 is 0. The average Bonchev–Trinajstić information content (AvgIpc) is 2.58. The smallest absolute Gasteiger partial charge is 0.0662 e. The minimum absolute atomic E-state index is 0.125. The zero-order chi connectivity index (χ0) is 15.2. The summed E-state index contributed by atoms with van der Waals surface area (Å²) in [6.07, 6.45) is 0. The van der Waals surface area contributed by atoms with Gasteiger partial charge in [0.2, 0.25) is 0 Å². The quantitative estimate of drug-likeness (QED) is 0.838. The van der Waals surface area contributed by atoms with Crippen molar-refractivity contribution in [1.29, 1.82) is 0 Å². The van der Waals surface area contributed by atoms with E-state index in [0.29, 0.717) is 0 Å². The maximum Gasteiger partial charge on any atom is 0.0662 e. The molecule has 0 radical (unpaired) electrons. The number of aliphatic hydroxyl groups is 2. The van der Waals surface area contributed by atoms with Crippen LogP contribution >= 0.6 is 0 Å². The average molecular weight is 270 g/mol. The van der Waals surface area contributed by atoms with E-state index < -0.39 is 0 Å². The zero-order valence-corrected chi connectivity index (χ0v) is 11.7. The van der Waals surface area contributed by atoms with Gasteiger partial charge in [0.05, 0.1) is 13.2 Å². The fourth-order valence-electron chi connectivity index (χ4n) is 1.45. The van der Waals surface area contributed by atoms with Gasteiger partial charge in [-0.15, -0.1) is 13.2 Å². The molecule has 0 bridgehead atoms. The van der Waals surface area contributed by atoms with Crippen molar-refractivity contribution >= 4 is 5.57 Å². The molecule has 0 aliphatic carbocycles. The highest BCUT2D eigenvalue weighted by molar-refractivity contribution is 5.77. The van der Waals surface area contributed by atoms with Gasteiger partial charge in [-0.1, -0.05) is 67.2 Å². The Morgan fingerprint density at radius 3 is 1.25 bits per heavy atom. The number of rotatable bonds is 3. The molecule has 0 amide bonds. The van der Waals surface area contributed by atoms with Crippen LogP contribution in [0.4, 0.5) is 0 Å². The Kier molecular flexibility index (Phi) is 10.6. The number of hydrogen-bond donors (Lipinski definition) is 2. The van der Waals surface area contributed by atoms with Gasteiger partial charge in [0.1, 0.15) is 0 Å². The number of aliphatic hydroxyl groups excluding tert-OH is 2. The van der Waals surface area contributed by atoms with Crippen molar-refractivity contribution in [3.8, 4) is 0 Å². The molecule has 0 aromatic heterocycles. The van der Waals surface area contributed by atoms with Gasteiger partial charge in [0, 0.05) is 0 Å². The van der Waals surface area contributed by atoms with Crippen molar-refractivity contribution in [2.45, 2.75) is 0 Å². The van der Waals surface area contributed by atoms with E-state index in [1.54, 1.807) is 0 Å². The van der Waals surface area contributed by atoms with Crippen LogP contribution in [0.15, 0.2) is 80.4 Å². The van der Waals surface area contributed by atoms with Gasteiger partial charge in [-0.05, 0) is 16.7 Å². The predicted molar refractivity (Wildman–Crippen MR) is 86.4 cm³/mol. The largest absolute Gasteiger partial charge is 0.394 e. The van der Waals surface area contributed by atoms with E-state index in [9.17, 15) is 0 Å². The van der Waals surface area contributed by atoms with Crippen LogP contribution in [0.3, 0.4) is 0 Å². The lowest BCUT2D eigenvalue weighted by Gasteiger charge is -2.04. The first-order valence-electron chi connectivity index (χ1n) is 6.31. The highest BCUT2D eigenvalue weighted by atomic mass is 16.3. The fraction of sp³-hybridized carbons (Fsp3) is 0.111. The molecule has 0 aliphatic heterocycles. The molecule has 0 saturated carbocycles. The van der Waals surface area contributed by atoms with Gasteiger partial charge < -0.3 is 10.2 Å². The van der Waals surface area contributed by atoms with E-state index >= 15 is 0 Å². The maximum absolute atomic E-state index is 7.62. The van der Waals surface area contributed by atoms with Crippen molar-refractivity contribution in [3.63, 3.8) is 0 Å². The second kappa shape index (κ2) is 11.9. The molecule has 20 heavy (non-hydrogen) atoms. The molecule has 0 atom stereocenters. The lowest BCUT2D eigenvalue weighted by molar-refractivity contribution is 0.186. The minimum Gasteiger partial charge on any atom is -0.394 e. The van der Waals surface area contributed by atoms with Crippen LogP contribution in [-0.4, -0.2) is 23.4 Å². The molecule has 0 heterocycles. The van der Waals surface area contributed by atoms with Gasteiger partial charge >= 0.3 is 0 Å². The Bertz CT molecular complexity index is 420. The molecule has 2 aromatic carbocycles. The lowest BCUT2D eigenvalue weighted by Crippen LogP contribution is -1.85. The van der Waals surface area contributed by atoms with Crippen LogP contribution in [0, 0.1) is 0 Å². The standard InChI is InChI=1S/C14H12.C2H6O2.C2H4/c1-12(13-8-4-2-5-9-13)14-10-6-3-7-11-14;3-1-2-4;1-2/h2-11H,1H2;3-4H,1-2H2;1-2H2. The number of benzene rings is 2. The van der Waals surface area contributed by atoms with Crippen LogP contribution in [0.25, 0.3) is 5.57 Å². The zero-order valence-electron chi connectivity index (χ0n) is 11.7. The van der Waals surface area contributed by atoms with Crippen molar-refractivity contribution in [2.75, 3.05) is 13.2 Å². The molecule has 0 spiro atoms. The van der Waals surface area contributed by atoms with Crippen LogP contribution < -0.4 is 0 Å². The molecule has 2 nitrogen and oxygen atoms in total. The summed E-state index contributed by atoms with van der Waals surface area (Å²) in [6.45, 7) is 9.85. The lowest BCUT2D eigenvalue weighted by atomic mass is 10.0. The van der Waals surface area contributed by atoms with Gasteiger partial charge in [0.25, 0.3) is 0 Å². The predicted octanol–water partition coefficient (Wildman–Crippen LogP) is 3.52. The first-order valence-corrected chi connectivity index (χ1v) is 6.31. The third-order valence-electron chi connectivity index (χ3n) is 2.34. The summed E-state index contributed by atoms with van der Waals surface area (Å²) in [4.78, 5) is 0. The highest BCUT2D eigenvalue weighted by Gasteiger charge is 1.99. The molecule has 0 saturated heterocycles. The van der Waals surface area contributed by atoms with E-state index in [2.05, 4.69) is 44.0 Å². The molecule has 2 aromatic rings. The fourth-order valence-corrected chi connectivity index (χ4v) is 1.45. The van der Waals surface area contributed by atoms with Gasteiger partial charge in [-0.25, -0.2) is 0 Å². The third-order valence-corrected chi connectivity index (χ3v) is 2.34. The van der Waals surface area contributed by atoms with Gasteiger partial charge in [-0.2, -0.15) is 0 Å². The Balaban J connectivity index is 0.000000521. The van der Waals surface area contributed by atoms with Crippen molar-refractivity contribution in [3.05, 3.63) is 91.5 Å². The van der Waals surface area contributed by atoms with Crippen LogP contribution in [-0.2, 0) is 0 Å². The molecule has 2 heteroatoms. The second-order valence-electron chi connectivity index (χ2n) is 3.66. The van der Waals surface area contributed by atoms with E-state index in [1.165, 1.54) is 11.1 Å².